The van der Waals surface area contributed by atoms with Crippen molar-refractivity contribution in [2.45, 2.75) is 18.7 Å². The molecule has 7 nitrogen and oxygen atoms in total. The Kier molecular flexibility index (Phi) is 3.92. The summed E-state index contributed by atoms with van der Waals surface area (Å²) in [6.07, 6.45) is 0. The summed E-state index contributed by atoms with van der Waals surface area (Å²) in [6.45, 7) is 6.89. The van der Waals surface area contributed by atoms with E-state index >= 15 is 0 Å². The van der Waals surface area contributed by atoms with Crippen molar-refractivity contribution in [3.63, 3.8) is 0 Å². The van der Waals surface area contributed by atoms with Crippen molar-refractivity contribution in [3.05, 3.63) is 23.5 Å². The molecule has 0 atom stereocenters. The molecule has 0 amide bonds. The standard InChI is InChI=1S/C10H15N3O4S/c1-6(2)5-13(4)18(16,17)9-7(3)11-12-8(9)10(14)15/h1,5H2,2-4H3,(H,11,12)(H,14,15). The quantitative estimate of drug-likeness (QED) is 0.765. The number of hydrogen-bond acceptors (Lipinski definition) is 4. The van der Waals surface area contributed by atoms with E-state index in [2.05, 4.69) is 16.8 Å². The van der Waals surface area contributed by atoms with Gasteiger partial charge in [-0.15, -0.1) is 0 Å². The number of nitrogens with one attached hydrogen (secondary N) is 1. The summed E-state index contributed by atoms with van der Waals surface area (Å²) in [5, 5.41) is 14.8. The summed E-state index contributed by atoms with van der Waals surface area (Å²) in [5.74, 6) is -1.39. The first-order valence-electron chi connectivity index (χ1n) is 5.07. The molecule has 100 valence electrons. The summed E-state index contributed by atoms with van der Waals surface area (Å²) >= 11 is 0. The first kappa shape index (κ1) is 14.4. The van der Waals surface area contributed by atoms with Gasteiger partial charge in [-0.2, -0.15) is 9.40 Å². The molecule has 1 aromatic rings. The minimum absolute atomic E-state index is 0.117. The molecule has 0 radical (unpaired) electrons. The maximum absolute atomic E-state index is 12.2. The smallest absolute Gasteiger partial charge is 0.357 e. The highest BCUT2D eigenvalue weighted by molar-refractivity contribution is 7.89. The third kappa shape index (κ3) is 2.59. The van der Waals surface area contributed by atoms with E-state index in [1.165, 1.54) is 14.0 Å². The molecule has 8 heteroatoms. The van der Waals surface area contributed by atoms with Gasteiger partial charge in [0.25, 0.3) is 0 Å². The summed E-state index contributed by atoms with van der Waals surface area (Å²) < 4.78 is 25.5. The molecule has 0 unspecified atom stereocenters. The predicted octanol–water partition coefficient (Wildman–Crippen LogP) is 0.613. The van der Waals surface area contributed by atoms with Crippen LogP contribution in [-0.2, 0) is 10.0 Å². The lowest BCUT2D eigenvalue weighted by Crippen LogP contribution is -2.29. The number of sulfonamides is 1. The van der Waals surface area contributed by atoms with E-state index in [0.717, 1.165) is 4.31 Å². The fraction of sp³-hybridized carbons (Fsp3) is 0.400. The third-order valence-electron chi connectivity index (χ3n) is 2.25. The zero-order valence-electron chi connectivity index (χ0n) is 10.4. The Labute approximate surface area is 105 Å². The van der Waals surface area contributed by atoms with Crippen molar-refractivity contribution in [1.29, 1.82) is 0 Å². The van der Waals surface area contributed by atoms with Crippen molar-refractivity contribution < 1.29 is 18.3 Å². The predicted molar refractivity (Wildman–Crippen MR) is 64.9 cm³/mol. The first-order valence-corrected chi connectivity index (χ1v) is 6.51. The summed E-state index contributed by atoms with van der Waals surface area (Å²) in [5.41, 5.74) is 0.348. The SMILES string of the molecule is C=C(C)CN(C)S(=O)(=O)c1c(C(=O)O)n[nH]c1C. The fourth-order valence-corrected chi connectivity index (χ4v) is 3.01. The van der Waals surface area contributed by atoms with Crippen LogP contribution in [-0.4, -0.2) is 47.6 Å². The van der Waals surface area contributed by atoms with Crippen LogP contribution in [0.3, 0.4) is 0 Å². The summed E-state index contributed by atoms with van der Waals surface area (Å²) in [7, 11) is -2.54. The summed E-state index contributed by atoms with van der Waals surface area (Å²) in [6, 6.07) is 0. The number of aromatic carboxylic acids is 1. The molecule has 1 heterocycles. The van der Waals surface area contributed by atoms with Crippen molar-refractivity contribution in [2.75, 3.05) is 13.6 Å². The number of carbonyl (C=O) groups is 1. The molecule has 0 spiro atoms. The number of H-pyrrole nitrogens is 1. The minimum Gasteiger partial charge on any atom is -0.476 e. The molecule has 18 heavy (non-hydrogen) atoms. The maximum atomic E-state index is 12.2. The average molecular weight is 273 g/mol. The van der Waals surface area contributed by atoms with E-state index in [4.69, 9.17) is 5.11 Å². The molecule has 1 aromatic heterocycles. The molecular formula is C10H15N3O4S. The Balaban J connectivity index is 3.32. The number of likely N-dealkylation sites (N-methyl/N-ethyl adjacent to an activating group) is 1. The second kappa shape index (κ2) is 4.91. The molecule has 0 aliphatic carbocycles. The number of aryl methyl sites for hydroxylation is 1. The largest absolute Gasteiger partial charge is 0.476 e. The topological polar surface area (TPSA) is 103 Å². The van der Waals surface area contributed by atoms with Crippen molar-refractivity contribution >= 4 is 16.0 Å². The third-order valence-corrected chi connectivity index (χ3v) is 4.22. The van der Waals surface area contributed by atoms with Gasteiger partial charge in [-0.05, 0) is 13.8 Å². The van der Waals surface area contributed by atoms with Gasteiger partial charge in [0.1, 0.15) is 4.90 Å². The Hall–Kier alpha value is -1.67. The van der Waals surface area contributed by atoms with Crippen LogP contribution < -0.4 is 0 Å². The molecule has 0 aromatic carbocycles. The molecule has 0 saturated heterocycles. The van der Waals surface area contributed by atoms with Gasteiger partial charge in [0.15, 0.2) is 5.69 Å². The van der Waals surface area contributed by atoms with Gasteiger partial charge in [0, 0.05) is 13.6 Å². The van der Waals surface area contributed by atoms with Crippen molar-refractivity contribution in [2.24, 2.45) is 0 Å². The van der Waals surface area contributed by atoms with E-state index in [9.17, 15) is 13.2 Å². The molecular weight excluding hydrogens is 258 g/mol. The van der Waals surface area contributed by atoms with Gasteiger partial charge in [-0.1, -0.05) is 12.2 Å². The highest BCUT2D eigenvalue weighted by Gasteiger charge is 2.31. The Morgan fingerprint density at radius 1 is 1.56 bits per heavy atom. The Morgan fingerprint density at radius 3 is 2.56 bits per heavy atom. The van der Waals surface area contributed by atoms with Gasteiger partial charge in [-0.25, -0.2) is 13.2 Å². The minimum atomic E-state index is -3.90. The normalized spacial score (nSPS) is 11.8. The lowest BCUT2D eigenvalue weighted by atomic mass is 10.4. The fourth-order valence-electron chi connectivity index (χ4n) is 1.50. The summed E-state index contributed by atoms with van der Waals surface area (Å²) in [4.78, 5) is 10.6. The Morgan fingerprint density at radius 2 is 2.11 bits per heavy atom. The zero-order valence-corrected chi connectivity index (χ0v) is 11.2. The first-order chi connectivity index (χ1) is 8.17. The average Bonchev–Trinajstić information content (AvgIpc) is 2.59. The number of carboxylic acid groups (broad SMARTS) is 1. The van der Waals surface area contributed by atoms with Crippen LogP contribution in [0.25, 0.3) is 0 Å². The lowest BCUT2D eigenvalue weighted by Gasteiger charge is -2.17. The molecule has 0 aliphatic rings. The number of aromatic nitrogens is 2. The lowest BCUT2D eigenvalue weighted by molar-refractivity contribution is 0.0686. The second-order valence-corrected chi connectivity index (χ2v) is 6.03. The monoisotopic (exact) mass is 273 g/mol. The molecule has 0 saturated carbocycles. The van der Waals surface area contributed by atoms with Crippen LogP contribution in [0.5, 0.6) is 0 Å². The van der Waals surface area contributed by atoms with Gasteiger partial charge in [0.2, 0.25) is 10.0 Å². The second-order valence-electron chi connectivity index (χ2n) is 4.05. The van der Waals surface area contributed by atoms with Crippen LogP contribution in [0.15, 0.2) is 17.0 Å². The van der Waals surface area contributed by atoms with Crippen LogP contribution in [0.2, 0.25) is 0 Å². The van der Waals surface area contributed by atoms with Gasteiger partial charge >= 0.3 is 5.97 Å². The van der Waals surface area contributed by atoms with Crippen LogP contribution in [0, 0.1) is 6.92 Å². The zero-order chi connectivity index (χ0) is 14.1. The highest BCUT2D eigenvalue weighted by atomic mass is 32.2. The van der Waals surface area contributed by atoms with E-state index in [0.29, 0.717) is 5.57 Å². The van der Waals surface area contributed by atoms with E-state index in [1.807, 2.05) is 0 Å². The van der Waals surface area contributed by atoms with Gasteiger partial charge in [-0.3, -0.25) is 5.10 Å². The maximum Gasteiger partial charge on any atom is 0.357 e. The van der Waals surface area contributed by atoms with E-state index < -0.39 is 21.7 Å². The number of hydrogen-bond donors (Lipinski definition) is 2. The number of nitrogens with zero attached hydrogens (tertiary/aromatic N) is 2. The number of rotatable bonds is 5. The van der Waals surface area contributed by atoms with Crippen LogP contribution in [0.1, 0.15) is 23.1 Å². The molecule has 1 rings (SSSR count). The van der Waals surface area contributed by atoms with E-state index in [1.54, 1.807) is 6.92 Å². The number of carboxylic acids is 1. The molecule has 0 bridgehead atoms. The molecule has 2 N–H and O–H groups in total. The Bertz CT molecular complexity index is 588. The van der Waals surface area contributed by atoms with Crippen LogP contribution >= 0.6 is 0 Å². The van der Waals surface area contributed by atoms with Gasteiger partial charge < -0.3 is 5.11 Å². The van der Waals surface area contributed by atoms with E-state index in [-0.39, 0.29) is 17.1 Å². The van der Waals surface area contributed by atoms with Crippen LogP contribution in [0.4, 0.5) is 0 Å². The molecule has 0 fully saturated rings. The van der Waals surface area contributed by atoms with Gasteiger partial charge in [0.05, 0.1) is 5.69 Å². The van der Waals surface area contributed by atoms with Crippen molar-refractivity contribution in [1.82, 2.24) is 14.5 Å². The number of aromatic amines is 1. The molecule has 0 aliphatic heterocycles. The highest BCUT2D eigenvalue weighted by Crippen LogP contribution is 2.21. The van der Waals surface area contributed by atoms with Crippen molar-refractivity contribution in [3.8, 4) is 0 Å².